The van der Waals surface area contributed by atoms with Crippen molar-refractivity contribution in [3.63, 3.8) is 0 Å². The van der Waals surface area contributed by atoms with Gasteiger partial charge in [-0.2, -0.15) is 0 Å². The molecule has 3 nitrogen and oxygen atoms in total. The zero-order valence-electron chi connectivity index (χ0n) is 9.52. The molecule has 0 fully saturated rings. The molecule has 0 spiro atoms. The monoisotopic (exact) mass is 222 g/mol. The highest BCUT2D eigenvalue weighted by atomic mass is 16.5. The van der Waals surface area contributed by atoms with Gasteiger partial charge in [0.05, 0.1) is 7.11 Å². The van der Waals surface area contributed by atoms with Crippen LogP contribution in [-0.4, -0.2) is 23.9 Å². The van der Waals surface area contributed by atoms with Crippen LogP contribution in [0.3, 0.4) is 0 Å². The van der Waals surface area contributed by atoms with Gasteiger partial charge in [0, 0.05) is 12.2 Å². The Morgan fingerprint density at radius 2 is 2.12 bits per heavy atom. The van der Waals surface area contributed by atoms with Gasteiger partial charge >= 0.3 is 0 Å². The maximum atomic E-state index is 9.59. The van der Waals surface area contributed by atoms with E-state index in [1.807, 2.05) is 12.2 Å². The number of aliphatic hydroxyl groups excluding tert-OH is 1. The van der Waals surface area contributed by atoms with Crippen molar-refractivity contribution in [1.82, 2.24) is 0 Å². The maximum absolute atomic E-state index is 9.59. The molecule has 0 aliphatic rings. The lowest BCUT2D eigenvalue weighted by Gasteiger charge is -2.03. The summed E-state index contributed by atoms with van der Waals surface area (Å²) in [5, 5.41) is 18.2. The number of ether oxygens (including phenoxy) is 1. The van der Waals surface area contributed by atoms with Crippen molar-refractivity contribution in [1.29, 1.82) is 0 Å². The molecule has 1 aromatic carbocycles. The van der Waals surface area contributed by atoms with Crippen molar-refractivity contribution in [2.45, 2.75) is 19.3 Å². The normalized spacial score (nSPS) is 10.9. The molecule has 0 aromatic heterocycles. The Kier molecular flexibility index (Phi) is 5.43. The third-order valence-electron chi connectivity index (χ3n) is 2.31. The fourth-order valence-corrected chi connectivity index (χ4v) is 1.38. The first-order chi connectivity index (χ1) is 7.77. The van der Waals surface area contributed by atoms with Gasteiger partial charge < -0.3 is 14.9 Å². The molecular weight excluding hydrogens is 204 g/mol. The van der Waals surface area contributed by atoms with Gasteiger partial charge in [0.1, 0.15) is 11.5 Å². The van der Waals surface area contributed by atoms with Crippen LogP contribution in [0.1, 0.15) is 24.8 Å². The quantitative estimate of drug-likeness (QED) is 0.727. The summed E-state index contributed by atoms with van der Waals surface area (Å²) >= 11 is 0. The van der Waals surface area contributed by atoms with E-state index in [2.05, 4.69) is 0 Å². The van der Waals surface area contributed by atoms with Crippen molar-refractivity contribution in [2.24, 2.45) is 0 Å². The van der Waals surface area contributed by atoms with Crippen molar-refractivity contribution in [2.75, 3.05) is 13.7 Å². The Balaban J connectivity index is 2.57. The molecule has 0 radical (unpaired) electrons. The number of methoxy groups -OCH3 is 1. The van der Waals surface area contributed by atoms with Crippen LogP contribution in [0.5, 0.6) is 11.5 Å². The predicted molar refractivity (Wildman–Crippen MR) is 64.6 cm³/mol. The van der Waals surface area contributed by atoms with Gasteiger partial charge in [-0.3, -0.25) is 0 Å². The number of unbranched alkanes of at least 4 members (excludes halogenated alkanes) is 2. The third kappa shape index (κ3) is 3.95. The van der Waals surface area contributed by atoms with Gasteiger partial charge in [0.25, 0.3) is 0 Å². The molecule has 0 heterocycles. The minimum atomic E-state index is 0.234. The summed E-state index contributed by atoms with van der Waals surface area (Å²) in [5.74, 6) is 0.979. The highest BCUT2D eigenvalue weighted by Crippen LogP contribution is 2.24. The van der Waals surface area contributed by atoms with E-state index in [4.69, 9.17) is 9.84 Å². The van der Waals surface area contributed by atoms with Gasteiger partial charge in [0.2, 0.25) is 0 Å². The molecule has 88 valence electrons. The lowest BCUT2D eigenvalue weighted by Crippen LogP contribution is -1.84. The molecule has 0 aliphatic carbocycles. The van der Waals surface area contributed by atoms with Gasteiger partial charge in [-0.15, -0.1) is 0 Å². The molecule has 0 aliphatic heterocycles. The standard InChI is InChI=1S/C13H18O3/c1-16-12-7-8-13(15)11(10-12)6-4-2-3-5-9-14/h4,6-8,10,14-15H,2-3,5,9H2,1H3/b6-4+. The van der Waals surface area contributed by atoms with Crippen molar-refractivity contribution in [3.8, 4) is 11.5 Å². The van der Waals surface area contributed by atoms with E-state index in [0.717, 1.165) is 30.6 Å². The van der Waals surface area contributed by atoms with Gasteiger partial charge in [-0.1, -0.05) is 12.2 Å². The van der Waals surface area contributed by atoms with Crippen LogP contribution in [-0.2, 0) is 0 Å². The fourth-order valence-electron chi connectivity index (χ4n) is 1.38. The van der Waals surface area contributed by atoms with E-state index < -0.39 is 0 Å². The number of hydrogen-bond acceptors (Lipinski definition) is 3. The zero-order valence-corrected chi connectivity index (χ0v) is 9.52. The third-order valence-corrected chi connectivity index (χ3v) is 2.31. The molecule has 0 bridgehead atoms. The number of benzene rings is 1. The van der Waals surface area contributed by atoms with Crippen LogP contribution in [0.15, 0.2) is 24.3 Å². The molecule has 0 atom stereocenters. The second kappa shape index (κ2) is 6.90. The van der Waals surface area contributed by atoms with Gasteiger partial charge in [-0.25, -0.2) is 0 Å². The summed E-state index contributed by atoms with van der Waals surface area (Å²) in [5.41, 5.74) is 0.753. The highest BCUT2D eigenvalue weighted by molar-refractivity contribution is 5.58. The summed E-state index contributed by atoms with van der Waals surface area (Å²) in [6.07, 6.45) is 6.53. The van der Waals surface area contributed by atoms with Crippen LogP contribution in [0.25, 0.3) is 6.08 Å². The Morgan fingerprint density at radius 1 is 1.31 bits per heavy atom. The molecule has 0 saturated carbocycles. The van der Waals surface area contributed by atoms with Gasteiger partial charge in [0.15, 0.2) is 0 Å². The first-order valence-corrected chi connectivity index (χ1v) is 5.42. The van der Waals surface area contributed by atoms with Crippen LogP contribution in [0.4, 0.5) is 0 Å². The zero-order chi connectivity index (χ0) is 11.8. The molecular formula is C13H18O3. The summed E-state index contributed by atoms with van der Waals surface area (Å²) in [6.45, 7) is 0.234. The Hall–Kier alpha value is -1.48. The minimum Gasteiger partial charge on any atom is -0.507 e. The topological polar surface area (TPSA) is 49.7 Å². The average Bonchev–Trinajstić information content (AvgIpc) is 2.31. The van der Waals surface area contributed by atoms with Crippen LogP contribution in [0.2, 0.25) is 0 Å². The van der Waals surface area contributed by atoms with E-state index in [9.17, 15) is 5.11 Å². The van der Waals surface area contributed by atoms with Crippen molar-refractivity contribution >= 4 is 6.08 Å². The Labute approximate surface area is 96.0 Å². The number of phenols is 1. The summed E-state index contributed by atoms with van der Waals surface area (Å²) in [7, 11) is 1.60. The van der Waals surface area contributed by atoms with E-state index in [-0.39, 0.29) is 12.4 Å². The summed E-state index contributed by atoms with van der Waals surface area (Å²) in [4.78, 5) is 0. The lowest BCUT2D eigenvalue weighted by atomic mass is 10.1. The molecule has 1 rings (SSSR count). The van der Waals surface area contributed by atoms with Crippen LogP contribution < -0.4 is 4.74 Å². The van der Waals surface area contributed by atoms with Crippen LogP contribution >= 0.6 is 0 Å². The molecule has 0 saturated heterocycles. The van der Waals surface area contributed by atoms with Crippen molar-refractivity contribution < 1.29 is 14.9 Å². The smallest absolute Gasteiger partial charge is 0.123 e. The predicted octanol–water partition coefficient (Wildman–Crippen LogP) is 2.58. The second-order valence-corrected chi connectivity index (χ2v) is 3.55. The number of aliphatic hydroxyl groups is 1. The SMILES string of the molecule is COc1ccc(O)c(/C=C/CCCCO)c1. The van der Waals surface area contributed by atoms with Crippen LogP contribution in [0, 0.1) is 0 Å². The lowest BCUT2D eigenvalue weighted by molar-refractivity contribution is 0.285. The number of rotatable bonds is 6. The largest absolute Gasteiger partial charge is 0.507 e. The first-order valence-electron chi connectivity index (χ1n) is 5.42. The number of allylic oxidation sites excluding steroid dienone is 1. The maximum Gasteiger partial charge on any atom is 0.123 e. The molecule has 2 N–H and O–H groups in total. The second-order valence-electron chi connectivity index (χ2n) is 3.55. The van der Waals surface area contributed by atoms with E-state index in [1.165, 1.54) is 0 Å². The van der Waals surface area contributed by atoms with Crippen molar-refractivity contribution in [3.05, 3.63) is 29.8 Å². The average molecular weight is 222 g/mol. The summed E-state index contributed by atoms with van der Waals surface area (Å²) < 4.78 is 5.08. The summed E-state index contributed by atoms with van der Waals surface area (Å²) in [6, 6.07) is 5.13. The molecule has 3 heteroatoms. The number of phenolic OH excluding ortho intramolecular Hbond substituents is 1. The Morgan fingerprint density at radius 3 is 2.81 bits per heavy atom. The highest BCUT2D eigenvalue weighted by Gasteiger charge is 1.98. The molecule has 0 unspecified atom stereocenters. The number of aromatic hydroxyl groups is 1. The first kappa shape index (κ1) is 12.6. The van der Waals surface area contributed by atoms with E-state index >= 15 is 0 Å². The minimum absolute atomic E-state index is 0.234. The molecule has 16 heavy (non-hydrogen) atoms. The fraction of sp³-hybridized carbons (Fsp3) is 0.385. The van der Waals surface area contributed by atoms with E-state index in [0.29, 0.717) is 0 Å². The molecule has 1 aromatic rings. The Bertz CT molecular complexity index is 345. The van der Waals surface area contributed by atoms with Gasteiger partial charge in [-0.05, 0) is 37.5 Å². The van der Waals surface area contributed by atoms with E-state index in [1.54, 1.807) is 25.3 Å². The number of hydrogen-bond donors (Lipinski definition) is 2. The molecule has 0 amide bonds.